The molecule has 2 N–H and O–H groups in total. The summed E-state index contributed by atoms with van der Waals surface area (Å²) in [4.78, 5) is 23.8. The van der Waals surface area contributed by atoms with Gasteiger partial charge in [0.15, 0.2) is 0 Å². The van der Waals surface area contributed by atoms with Gasteiger partial charge in [-0.05, 0) is 43.9 Å². The highest BCUT2D eigenvalue weighted by Crippen LogP contribution is 2.17. The number of benzene rings is 1. The van der Waals surface area contributed by atoms with E-state index >= 15 is 0 Å². The van der Waals surface area contributed by atoms with E-state index in [1.165, 1.54) is 0 Å². The number of carbonyl (C=O) groups is 2. The first-order valence-electron chi connectivity index (χ1n) is 6.50. The molecule has 0 radical (unpaired) electrons. The lowest BCUT2D eigenvalue weighted by Crippen LogP contribution is -2.29. The molecule has 6 heteroatoms. The van der Waals surface area contributed by atoms with E-state index in [9.17, 15) is 9.59 Å². The molecule has 0 aliphatic rings. The van der Waals surface area contributed by atoms with Crippen LogP contribution in [-0.2, 0) is 9.53 Å². The van der Waals surface area contributed by atoms with Crippen molar-refractivity contribution in [2.24, 2.45) is 0 Å². The number of urea groups is 1. The van der Waals surface area contributed by atoms with Crippen LogP contribution in [0.4, 0.5) is 10.5 Å². The molecule has 0 spiro atoms. The van der Waals surface area contributed by atoms with Gasteiger partial charge < -0.3 is 15.4 Å². The fraction of sp³-hybridized carbons (Fsp3) is 0.429. The van der Waals surface area contributed by atoms with Crippen molar-refractivity contribution in [1.29, 1.82) is 0 Å². The highest BCUT2D eigenvalue weighted by atomic mass is 32.2. The largest absolute Gasteiger partial charge is 0.466 e. The summed E-state index contributed by atoms with van der Waals surface area (Å²) in [5.41, 5.74) is 0.741. The summed E-state index contributed by atoms with van der Waals surface area (Å²) in [7, 11) is 0. The maximum atomic E-state index is 11.6. The van der Waals surface area contributed by atoms with E-state index in [0.29, 0.717) is 26.0 Å². The zero-order chi connectivity index (χ0) is 14.8. The van der Waals surface area contributed by atoms with Gasteiger partial charge in [0.05, 0.1) is 6.61 Å². The average Bonchev–Trinajstić information content (AvgIpc) is 2.45. The van der Waals surface area contributed by atoms with E-state index in [4.69, 9.17) is 4.74 Å². The number of nitrogens with one attached hydrogen (secondary N) is 2. The minimum atomic E-state index is -0.272. The topological polar surface area (TPSA) is 67.4 Å². The van der Waals surface area contributed by atoms with Crippen molar-refractivity contribution in [3.63, 3.8) is 0 Å². The van der Waals surface area contributed by atoms with Crippen molar-refractivity contribution in [1.82, 2.24) is 5.32 Å². The van der Waals surface area contributed by atoms with Gasteiger partial charge in [-0.1, -0.05) is 0 Å². The fourth-order valence-electron chi connectivity index (χ4n) is 1.52. The standard InChI is InChI=1S/C14H20N2O3S/c1-3-19-13(17)5-4-10-15-14(18)16-11-6-8-12(20-2)9-7-11/h6-9H,3-5,10H2,1-2H3,(H2,15,16,18). The lowest BCUT2D eigenvalue weighted by Gasteiger charge is -2.08. The van der Waals surface area contributed by atoms with Crippen molar-refractivity contribution in [3.05, 3.63) is 24.3 Å². The number of carbonyl (C=O) groups excluding carboxylic acids is 2. The van der Waals surface area contributed by atoms with Crippen LogP contribution in [-0.4, -0.2) is 31.4 Å². The van der Waals surface area contributed by atoms with E-state index in [2.05, 4.69) is 10.6 Å². The first kappa shape index (κ1) is 16.4. The van der Waals surface area contributed by atoms with E-state index in [0.717, 1.165) is 10.6 Å². The van der Waals surface area contributed by atoms with Crippen LogP contribution < -0.4 is 10.6 Å². The highest BCUT2D eigenvalue weighted by Gasteiger charge is 2.03. The molecule has 20 heavy (non-hydrogen) atoms. The van der Waals surface area contributed by atoms with Crippen LogP contribution in [0.5, 0.6) is 0 Å². The van der Waals surface area contributed by atoms with E-state index < -0.39 is 0 Å². The number of anilines is 1. The molecule has 0 aromatic heterocycles. The lowest BCUT2D eigenvalue weighted by molar-refractivity contribution is -0.143. The number of hydrogen-bond acceptors (Lipinski definition) is 4. The summed E-state index contributed by atoms with van der Waals surface area (Å²) in [5, 5.41) is 5.43. The molecule has 5 nitrogen and oxygen atoms in total. The third kappa shape index (κ3) is 6.47. The molecule has 1 aromatic rings. The second-order valence-electron chi connectivity index (χ2n) is 4.02. The number of amides is 2. The van der Waals surface area contributed by atoms with Crippen molar-refractivity contribution in [2.45, 2.75) is 24.7 Å². The smallest absolute Gasteiger partial charge is 0.319 e. The molecule has 0 atom stereocenters. The Morgan fingerprint density at radius 1 is 1.25 bits per heavy atom. The fourth-order valence-corrected chi connectivity index (χ4v) is 1.93. The first-order valence-corrected chi connectivity index (χ1v) is 7.72. The van der Waals surface area contributed by atoms with Crippen molar-refractivity contribution in [2.75, 3.05) is 24.7 Å². The normalized spacial score (nSPS) is 9.90. The van der Waals surface area contributed by atoms with Gasteiger partial charge in [0.25, 0.3) is 0 Å². The third-order valence-corrected chi connectivity index (χ3v) is 3.24. The molecule has 110 valence electrons. The molecule has 1 rings (SSSR count). The van der Waals surface area contributed by atoms with E-state index in [-0.39, 0.29) is 12.0 Å². The molecule has 0 aliphatic carbocycles. The average molecular weight is 296 g/mol. The molecule has 0 heterocycles. The van der Waals surface area contributed by atoms with Gasteiger partial charge in [-0.25, -0.2) is 4.79 Å². The van der Waals surface area contributed by atoms with Crippen LogP contribution >= 0.6 is 11.8 Å². The van der Waals surface area contributed by atoms with Gasteiger partial charge in [0.1, 0.15) is 0 Å². The van der Waals surface area contributed by atoms with Gasteiger partial charge in [0, 0.05) is 23.5 Å². The summed E-state index contributed by atoms with van der Waals surface area (Å²) in [6.07, 6.45) is 2.88. The number of thioether (sulfide) groups is 1. The minimum absolute atomic E-state index is 0.234. The quantitative estimate of drug-likeness (QED) is 0.461. The van der Waals surface area contributed by atoms with Gasteiger partial charge in [-0.3, -0.25) is 4.79 Å². The third-order valence-electron chi connectivity index (χ3n) is 2.50. The Kier molecular flexibility index (Phi) is 7.57. The molecule has 0 bridgehead atoms. The molecular formula is C14H20N2O3S. The van der Waals surface area contributed by atoms with Gasteiger partial charge in [0.2, 0.25) is 0 Å². The number of ether oxygens (including phenoxy) is 1. The molecule has 0 fully saturated rings. The Morgan fingerprint density at radius 3 is 2.55 bits per heavy atom. The summed E-state index contributed by atoms with van der Waals surface area (Å²) < 4.78 is 4.80. The Balaban J connectivity index is 2.21. The Bertz CT molecular complexity index is 435. The second kappa shape index (κ2) is 9.25. The molecule has 0 aliphatic heterocycles. The minimum Gasteiger partial charge on any atom is -0.466 e. The van der Waals surface area contributed by atoms with Gasteiger partial charge in [-0.2, -0.15) is 0 Å². The molecule has 2 amide bonds. The van der Waals surface area contributed by atoms with Crippen LogP contribution in [0.25, 0.3) is 0 Å². The molecule has 0 saturated heterocycles. The van der Waals surface area contributed by atoms with Crippen molar-refractivity contribution in [3.8, 4) is 0 Å². The maximum Gasteiger partial charge on any atom is 0.319 e. The van der Waals surface area contributed by atoms with E-state index in [1.54, 1.807) is 18.7 Å². The zero-order valence-electron chi connectivity index (χ0n) is 11.8. The zero-order valence-corrected chi connectivity index (χ0v) is 12.6. The van der Waals surface area contributed by atoms with Crippen LogP contribution in [0, 0.1) is 0 Å². The lowest BCUT2D eigenvalue weighted by atomic mass is 10.3. The Morgan fingerprint density at radius 2 is 1.95 bits per heavy atom. The van der Waals surface area contributed by atoms with Gasteiger partial charge in [-0.15, -0.1) is 11.8 Å². The molecule has 1 aromatic carbocycles. The maximum absolute atomic E-state index is 11.6. The molecular weight excluding hydrogens is 276 g/mol. The first-order chi connectivity index (χ1) is 9.65. The van der Waals surface area contributed by atoms with Crippen LogP contribution in [0.1, 0.15) is 19.8 Å². The summed E-state index contributed by atoms with van der Waals surface area (Å²) in [6.45, 7) is 2.60. The second-order valence-corrected chi connectivity index (χ2v) is 4.90. The monoisotopic (exact) mass is 296 g/mol. The predicted molar refractivity (Wildman–Crippen MR) is 81.1 cm³/mol. The van der Waals surface area contributed by atoms with Crippen molar-refractivity contribution < 1.29 is 14.3 Å². The number of rotatable bonds is 7. The number of hydrogen-bond donors (Lipinski definition) is 2. The van der Waals surface area contributed by atoms with Crippen LogP contribution in [0.2, 0.25) is 0 Å². The predicted octanol–water partition coefficient (Wildman–Crippen LogP) is 2.87. The summed E-state index contributed by atoms with van der Waals surface area (Å²) in [6, 6.07) is 7.32. The van der Waals surface area contributed by atoms with E-state index in [1.807, 2.05) is 30.5 Å². The Labute approximate surface area is 123 Å². The number of esters is 1. The van der Waals surface area contributed by atoms with Crippen LogP contribution in [0.3, 0.4) is 0 Å². The Hall–Kier alpha value is -1.69. The summed E-state index contributed by atoms with van der Waals surface area (Å²) in [5.74, 6) is -0.234. The molecule has 0 unspecified atom stereocenters. The van der Waals surface area contributed by atoms with Crippen molar-refractivity contribution >= 4 is 29.4 Å². The SMILES string of the molecule is CCOC(=O)CCCNC(=O)Nc1ccc(SC)cc1. The van der Waals surface area contributed by atoms with Crippen LogP contribution in [0.15, 0.2) is 29.2 Å². The molecule has 0 saturated carbocycles. The summed E-state index contributed by atoms with van der Waals surface area (Å²) >= 11 is 1.65. The van der Waals surface area contributed by atoms with Gasteiger partial charge >= 0.3 is 12.0 Å². The highest BCUT2D eigenvalue weighted by molar-refractivity contribution is 7.98.